The zero-order valence-corrected chi connectivity index (χ0v) is 15.8. The van der Waals surface area contributed by atoms with Crippen molar-refractivity contribution in [1.82, 2.24) is 4.90 Å². The van der Waals surface area contributed by atoms with Gasteiger partial charge in [0.25, 0.3) is 0 Å². The summed E-state index contributed by atoms with van der Waals surface area (Å²) < 4.78 is 4.89. The number of allylic oxidation sites excluding steroid dienone is 1. The number of esters is 1. The highest BCUT2D eigenvalue weighted by molar-refractivity contribution is 5.81. The van der Waals surface area contributed by atoms with E-state index in [4.69, 9.17) is 4.74 Å². The molecule has 25 heavy (non-hydrogen) atoms. The normalized spacial score (nSPS) is 20.6. The van der Waals surface area contributed by atoms with E-state index in [2.05, 4.69) is 4.90 Å². The first-order valence-electron chi connectivity index (χ1n) is 10.3. The summed E-state index contributed by atoms with van der Waals surface area (Å²) in [5.41, 5.74) is 0. The van der Waals surface area contributed by atoms with Gasteiger partial charge < -0.3 is 9.53 Å². The molecule has 0 aromatic carbocycles. The van der Waals surface area contributed by atoms with Crippen molar-refractivity contribution in [3.63, 3.8) is 0 Å². The number of rotatable bonds is 11. The molecule has 0 aromatic rings. The number of ether oxygens (including phenoxy) is 1. The molecule has 0 saturated heterocycles. The fourth-order valence-corrected chi connectivity index (χ4v) is 4.37. The monoisotopic (exact) mass is 349 g/mol. The third kappa shape index (κ3) is 7.31. The van der Waals surface area contributed by atoms with Gasteiger partial charge in [0, 0.05) is 19.2 Å². The Balaban J connectivity index is 1.86. The maximum absolute atomic E-state index is 11.8. The Morgan fingerprint density at radius 1 is 1.08 bits per heavy atom. The van der Waals surface area contributed by atoms with Gasteiger partial charge in [0.2, 0.25) is 0 Å². The van der Waals surface area contributed by atoms with Gasteiger partial charge in [0.05, 0.1) is 12.6 Å². The third-order valence-corrected chi connectivity index (χ3v) is 5.73. The van der Waals surface area contributed by atoms with E-state index in [-0.39, 0.29) is 12.0 Å². The summed E-state index contributed by atoms with van der Waals surface area (Å²) in [6.45, 7) is 4.35. The standard InChI is InChI=1S/C21H35NO3/c1-2-25-21(24)14-8-7-13-20(17-23)22(15-18-9-3-4-10-18)16-19-11-5-6-12-19/h8,14,17-20H,2-7,9-13,15-16H2,1H3/t20-/m1/s1. The van der Waals surface area contributed by atoms with Gasteiger partial charge in [-0.25, -0.2) is 4.79 Å². The molecule has 0 aromatic heterocycles. The van der Waals surface area contributed by atoms with Crippen molar-refractivity contribution in [2.45, 2.75) is 77.2 Å². The lowest BCUT2D eigenvalue weighted by atomic mass is 10.0. The molecule has 0 heterocycles. The first kappa shape index (κ1) is 20.2. The van der Waals surface area contributed by atoms with Crippen molar-refractivity contribution < 1.29 is 14.3 Å². The molecule has 4 nitrogen and oxygen atoms in total. The summed E-state index contributed by atoms with van der Waals surface area (Å²) in [6, 6.07) is -0.0203. The molecule has 2 saturated carbocycles. The van der Waals surface area contributed by atoms with E-state index in [1.54, 1.807) is 6.92 Å². The summed E-state index contributed by atoms with van der Waals surface area (Å²) in [6.07, 6.45) is 16.6. The smallest absolute Gasteiger partial charge is 0.330 e. The molecule has 1 atom stereocenters. The summed E-state index contributed by atoms with van der Waals surface area (Å²) in [5, 5.41) is 0. The lowest BCUT2D eigenvalue weighted by Crippen LogP contribution is -2.42. The number of carbonyl (C=O) groups excluding carboxylic acids is 2. The Hall–Kier alpha value is -1.16. The van der Waals surface area contributed by atoms with Gasteiger partial charge in [-0.05, 0) is 57.3 Å². The molecular formula is C21H35NO3. The van der Waals surface area contributed by atoms with E-state index >= 15 is 0 Å². The highest BCUT2D eigenvalue weighted by Gasteiger charge is 2.27. The van der Waals surface area contributed by atoms with Gasteiger partial charge >= 0.3 is 5.97 Å². The molecule has 2 rings (SSSR count). The topological polar surface area (TPSA) is 46.6 Å². The summed E-state index contributed by atoms with van der Waals surface area (Å²) in [7, 11) is 0. The van der Waals surface area contributed by atoms with Crippen LogP contribution in [0.3, 0.4) is 0 Å². The second kappa shape index (κ2) is 11.5. The van der Waals surface area contributed by atoms with Crippen molar-refractivity contribution >= 4 is 12.3 Å². The average molecular weight is 350 g/mol. The molecule has 0 aliphatic heterocycles. The van der Waals surface area contributed by atoms with E-state index < -0.39 is 0 Å². The first-order chi connectivity index (χ1) is 12.2. The average Bonchev–Trinajstić information content (AvgIpc) is 3.29. The van der Waals surface area contributed by atoms with Crippen LogP contribution < -0.4 is 0 Å². The lowest BCUT2D eigenvalue weighted by Gasteiger charge is -2.32. The van der Waals surface area contributed by atoms with Gasteiger partial charge in [-0.3, -0.25) is 4.90 Å². The highest BCUT2D eigenvalue weighted by atomic mass is 16.5. The second-order valence-electron chi connectivity index (χ2n) is 7.69. The van der Waals surface area contributed by atoms with Crippen LogP contribution in [0.2, 0.25) is 0 Å². The fourth-order valence-electron chi connectivity index (χ4n) is 4.37. The molecule has 0 bridgehead atoms. The minimum absolute atomic E-state index is 0.0203. The Bertz CT molecular complexity index is 405. The first-order valence-corrected chi connectivity index (χ1v) is 10.3. The molecule has 0 radical (unpaired) electrons. The Morgan fingerprint density at radius 3 is 2.12 bits per heavy atom. The lowest BCUT2D eigenvalue weighted by molar-refractivity contribution is -0.137. The molecule has 2 aliphatic carbocycles. The molecule has 0 amide bonds. The van der Waals surface area contributed by atoms with Crippen LogP contribution in [0.4, 0.5) is 0 Å². The van der Waals surface area contributed by atoms with Crippen LogP contribution in [0.5, 0.6) is 0 Å². The quantitative estimate of drug-likeness (QED) is 0.319. The molecule has 142 valence electrons. The van der Waals surface area contributed by atoms with Crippen LogP contribution in [0, 0.1) is 11.8 Å². The zero-order valence-electron chi connectivity index (χ0n) is 15.8. The van der Waals surface area contributed by atoms with E-state index in [1.807, 2.05) is 6.08 Å². The van der Waals surface area contributed by atoms with Gasteiger partial charge in [0.15, 0.2) is 0 Å². The molecule has 0 N–H and O–H groups in total. The molecule has 0 unspecified atom stereocenters. The fraction of sp³-hybridized carbons (Fsp3) is 0.810. The van der Waals surface area contributed by atoms with Crippen molar-refractivity contribution in [2.24, 2.45) is 11.8 Å². The minimum atomic E-state index is -0.293. The maximum Gasteiger partial charge on any atom is 0.330 e. The maximum atomic E-state index is 11.8. The van der Waals surface area contributed by atoms with Crippen molar-refractivity contribution in [3.8, 4) is 0 Å². The third-order valence-electron chi connectivity index (χ3n) is 5.73. The number of hydrogen-bond acceptors (Lipinski definition) is 4. The number of hydrogen-bond donors (Lipinski definition) is 0. The van der Waals surface area contributed by atoms with Crippen LogP contribution in [0.15, 0.2) is 12.2 Å². The van der Waals surface area contributed by atoms with Gasteiger partial charge in [-0.15, -0.1) is 0 Å². The minimum Gasteiger partial charge on any atom is -0.463 e. The molecule has 4 heteroatoms. The Morgan fingerprint density at radius 2 is 1.64 bits per heavy atom. The predicted molar refractivity (Wildman–Crippen MR) is 100 cm³/mol. The molecule has 2 aliphatic rings. The van der Waals surface area contributed by atoms with Crippen molar-refractivity contribution in [3.05, 3.63) is 12.2 Å². The van der Waals surface area contributed by atoms with Crippen LogP contribution in [0.1, 0.15) is 71.1 Å². The summed E-state index contributed by atoms with van der Waals surface area (Å²) >= 11 is 0. The predicted octanol–water partition coefficient (Wildman–Crippen LogP) is 4.14. The van der Waals surface area contributed by atoms with E-state index in [0.717, 1.165) is 44.1 Å². The van der Waals surface area contributed by atoms with Gasteiger partial charge in [0.1, 0.15) is 6.29 Å². The Labute approximate surface area is 153 Å². The second-order valence-corrected chi connectivity index (χ2v) is 7.69. The largest absolute Gasteiger partial charge is 0.463 e. The van der Waals surface area contributed by atoms with Crippen LogP contribution in [-0.4, -0.2) is 42.9 Å². The van der Waals surface area contributed by atoms with Gasteiger partial charge in [-0.2, -0.15) is 0 Å². The molecule has 2 fully saturated rings. The summed E-state index contributed by atoms with van der Waals surface area (Å²) in [4.78, 5) is 25.6. The molecular weight excluding hydrogens is 314 g/mol. The number of nitrogens with zero attached hydrogens (tertiary/aromatic N) is 1. The van der Waals surface area contributed by atoms with Crippen LogP contribution >= 0.6 is 0 Å². The Kier molecular flexibility index (Phi) is 9.23. The SMILES string of the molecule is CCOC(=O)C=CCC[C@H](C=O)N(CC1CCCC1)CC1CCCC1. The molecule has 0 spiro atoms. The highest BCUT2D eigenvalue weighted by Crippen LogP contribution is 2.30. The van der Waals surface area contributed by atoms with Crippen molar-refractivity contribution in [2.75, 3.05) is 19.7 Å². The van der Waals surface area contributed by atoms with Crippen LogP contribution in [0.25, 0.3) is 0 Å². The summed E-state index contributed by atoms with van der Waals surface area (Å²) in [5.74, 6) is 1.23. The van der Waals surface area contributed by atoms with Crippen molar-refractivity contribution in [1.29, 1.82) is 0 Å². The van der Waals surface area contributed by atoms with E-state index in [9.17, 15) is 9.59 Å². The number of carbonyl (C=O) groups is 2. The van der Waals surface area contributed by atoms with Gasteiger partial charge in [-0.1, -0.05) is 31.8 Å². The van der Waals surface area contributed by atoms with E-state index in [0.29, 0.717) is 6.61 Å². The van der Waals surface area contributed by atoms with E-state index in [1.165, 1.54) is 57.4 Å². The van der Waals surface area contributed by atoms with Crippen LogP contribution in [-0.2, 0) is 14.3 Å². The number of aldehydes is 1. The zero-order chi connectivity index (χ0) is 17.9.